The van der Waals surface area contributed by atoms with E-state index in [9.17, 15) is 0 Å². The topological polar surface area (TPSA) is 21.9 Å². The van der Waals surface area contributed by atoms with Gasteiger partial charge in [0.25, 0.3) is 0 Å². The highest BCUT2D eigenvalue weighted by Crippen LogP contribution is 2.53. The molecule has 3 nitrogen and oxygen atoms in total. The summed E-state index contributed by atoms with van der Waals surface area (Å²) in [5.74, 6) is 0. The molecule has 0 saturated heterocycles. The maximum absolute atomic E-state index is 3.85. The van der Waals surface area contributed by atoms with Gasteiger partial charge in [0.15, 0.2) is 0 Å². The molecule has 12 aromatic rings. The van der Waals surface area contributed by atoms with Crippen LogP contribution in [0.15, 0.2) is 218 Å². The van der Waals surface area contributed by atoms with Crippen molar-refractivity contribution in [3.63, 3.8) is 0 Å². The number of para-hydroxylation sites is 4. The van der Waals surface area contributed by atoms with Crippen LogP contribution in [0.5, 0.6) is 0 Å². The summed E-state index contributed by atoms with van der Waals surface area (Å²) in [6.45, 7) is 9.53. The molecule has 69 heavy (non-hydrogen) atoms. The Morgan fingerprint density at radius 3 is 1.06 bits per heavy atom. The molecule has 0 fully saturated rings. The van der Waals surface area contributed by atoms with E-state index >= 15 is 0 Å². The van der Waals surface area contributed by atoms with Crippen molar-refractivity contribution in [2.45, 2.75) is 38.5 Å². The highest BCUT2D eigenvalue weighted by molar-refractivity contribution is 6.12. The van der Waals surface area contributed by atoms with Gasteiger partial charge < -0.3 is 14.5 Å². The predicted octanol–water partition coefficient (Wildman–Crippen LogP) is 17.6. The van der Waals surface area contributed by atoms with E-state index in [1.165, 1.54) is 122 Å². The van der Waals surface area contributed by atoms with Crippen molar-refractivity contribution in [2.75, 3.05) is 5.32 Å². The van der Waals surface area contributed by atoms with Crippen LogP contribution in [0.1, 0.15) is 49.9 Å². The Balaban J connectivity index is 0.756. The maximum Gasteiger partial charge on any atom is 0.0541 e. The number of anilines is 2. The molecular weight excluding hydrogens is 835 g/mol. The quantitative estimate of drug-likeness (QED) is 0.177. The largest absolute Gasteiger partial charge is 0.356 e. The molecule has 2 aromatic heterocycles. The predicted molar refractivity (Wildman–Crippen MR) is 291 cm³/mol. The Morgan fingerprint density at radius 1 is 0.290 bits per heavy atom. The number of nitrogens with zero attached hydrogens (tertiary/aromatic N) is 2. The molecule has 0 atom stereocenters. The molecule has 3 heteroatoms. The number of rotatable bonds is 6. The van der Waals surface area contributed by atoms with Crippen molar-refractivity contribution in [1.82, 2.24) is 9.13 Å². The molecule has 0 saturated carbocycles. The lowest BCUT2D eigenvalue weighted by molar-refractivity contribution is 0.660. The van der Waals surface area contributed by atoms with Gasteiger partial charge >= 0.3 is 0 Å². The molecule has 2 heterocycles. The summed E-state index contributed by atoms with van der Waals surface area (Å²) in [5.41, 5.74) is 24.8. The second kappa shape index (κ2) is 14.6. The van der Waals surface area contributed by atoms with Crippen LogP contribution < -0.4 is 5.32 Å². The first-order valence-electron chi connectivity index (χ1n) is 24.2. The fourth-order valence-electron chi connectivity index (χ4n) is 12.2. The van der Waals surface area contributed by atoms with E-state index in [0.717, 1.165) is 11.4 Å². The van der Waals surface area contributed by atoms with E-state index in [-0.39, 0.29) is 10.8 Å². The summed E-state index contributed by atoms with van der Waals surface area (Å²) < 4.78 is 4.77. The average Bonchev–Trinajstić information content (AvgIpc) is 4.04. The molecule has 0 unspecified atom stereocenters. The second-order valence-electron chi connectivity index (χ2n) is 20.3. The number of nitrogens with one attached hydrogen (secondary N) is 1. The Hall–Kier alpha value is -8.40. The third kappa shape index (κ3) is 5.87. The first-order valence-corrected chi connectivity index (χ1v) is 24.2. The molecule has 10 aromatic carbocycles. The summed E-state index contributed by atoms with van der Waals surface area (Å²) in [7, 11) is 0. The Bertz CT molecular complexity index is 3820. The smallest absolute Gasteiger partial charge is 0.0541 e. The van der Waals surface area contributed by atoms with Crippen molar-refractivity contribution in [2.24, 2.45) is 0 Å². The van der Waals surface area contributed by atoms with Crippen molar-refractivity contribution in [3.05, 3.63) is 241 Å². The molecule has 14 rings (SSSR count). The summed E-state index contributed by atoms with van der Waals surface area (Å²) in [5, 5.41) is 8.93. The summed E-state index contributed by atoms with van der Waals surface area (Å²) in [6.07, 6.45) is 0. The van der Waals surface area contributed by atoms with Crippen LogP contribution in [0.4, 0.5) is 11.4 Å². The van der Waals surface area contributed by atoms with Gasteiger partial charge in [-0.1, -0.05) is 149 Å². The molecular formula is C66H49N3. The molecule has 0 radical (unpaired) electrons. The number of benzene rings is 10. The van der Waals surface area contributed by atoms with Gasteiger partial charge in [0, 0.05) is 55.1 Å². The van der Waals surface area contributed by atoms with Crippen molar-refractivity contribution in [1.29, 1.82) is 0 Å². The fraction of sp³-hybridized carbons (Fsp3) is 0.0909. The minimum Gasteiger partial charge on any atom is -0.356 e. The van der Waals surface area contributed by atoms with Gasteiger partial charge in [0.2, 0.25) is 0 Å². The lowest BCUT2D eigenvalue weighted by Crippen LogP contribution is -2.15. The summed E-state index contributed by atoms with van der Waals surface area (Å²) in [6, 6.07) is 81.0. The third-order valence-electron chi connectivity index (χ3n) is 15.7. The van der Waals surface area contributed by atoms with Gasteiger partial charge in [-0.2, -0.15) is 0 Å². The first kappa shape index (κ1) is 39.7. The SMILES string of the molecule is CC1(C)c2cc(Nc3ccc4c(c3)C(C)(C)c3cc(-c5ccc6c(c5)c5ccccc5n6-c5ccccc5)ccc3-4)ccc2-c2ccc(-c3ccc4c(c3)c3ccccc3n4-c3ccccc3)cc21. The van der Waals surface area contributed by atoms with E-state index in [4.69, 9.17) is 0 Å². The van der Waals surface area contributed by atoms with Crippen LogP contribution in [-0.2, 0) is 10.8 Å². The number of aromatic nitrogens is 2. The van der Waals surface area contributed by atoms with Gasteiger partial charge in [-0.15, -0.1) is 0 Å². The van der Waals surface area contributed by atoms with Crippen molar-refractivity contribution in [3.8, 4) is 55.9 Å². The highest BCUT2D eigenvalue weighted by atomic mass is 15.0. The Labute approximate surface area is 402 Å². The molecule has 2 aliphatic rings. The standard InChI is InChI=1S/C66H49N3/c1-65(2)57-37-43(41-25-33-63-55(35-41)53-19-11-13-21-61(53)68(63)47-15-7-5-8-16-47)23-29-49(57)51-31-27-45(39-59(51)65)67-46-28-32-52-50-30-24-44(38-58(50)66(3,4)60(52)40-46)42-26-34-64-56(36-42)54-20-12-14-22-62(54)69(64)48-17-9-6-10-18-48/h5-40,67H,1-4H3. The van der Waals surface area contributed by atoms with Crippen LogP contribution in [0.3, 0.4) is 0 Å². The minimum absolute atomic E-state index is 0.172. The van der Waals surface area contributed by atoms with E-state index in [1.807, 2.05) is 0 Å². The normalized spacial score (nSPS) is 14.0. The third-order valence-corrected chi connectivity index (χ3v) is 15.7. The second-order valence-corrected chi connectivity index (χ2v) is 20.3. The Morgan fingerprint density at radius 2 is 0.623 bits per heavy atom. The molecule has 1 N–H and O–H groups in total. The lowest BCUT2D eigenvalue weighted by Gasteiger charge is -2.24. The Kier molecular flexibility index (Phi) is 8.38. The van der Waals surface area contributed by atoms with Crippen LogP contribution in [0, 0.1) is 0 Å². The lowest BCUT2D eigenvalue weighted by atomic mass is 9.81. The zero-order chi connectivity index (χ0) is 46.2. The zero-order valence-corrected chi connectivity index (χ0v) is 39.2. The van der Waals surface area contributed by atoms with Crippen molar-refractivity contribution >= 4 is 55.0 Å². The molecule has 0 spiro atoms. The van der Waals surface area contributed by atoms with Gasteiger partial charge in [-0.05, 0) is 164 Å². The van der Waals surface area contributed by atoms with Crippen molar-refractivity contribution < 1.29 is 0 Å². The van der Waals surface area contributed by atoms with E-state index < -0.39 is 0 Å². The van der Waals surface area contributed by atoms with Crippen LogP contribution >= 0.6 is 0 Å². The molecule has 2 aliphatic carbocycles. The van der Waals surface area contributed by atoms with E-state index in [0.29, 0.717) is 0 Å². The highest BCUT2D eigenvalue weighted by Gasteiger charge is 2.37. The molecule has 0 amide bonds. The number of fused-ring (bicyclic) bond motifs is 12. The van der Waals surface area contributed by atoms with Crippen LogP contribution in [0.25, 0.3) is 99.5 Å². The average molecular weight is 884 g/mol. The molecule has 0 bridgehead atoms. The first-order chi connectivity index (χ1) is 33.7. The van der Waals surface area contributed by atoms with Gasteiger partial charge in [-0.3, -0.25) is 0 Å². The van der Waals surface area contributed by atoms with Gasteiger partial charge in [0.05, 0.1) is 22.1 Å². The van der Waals surface area contributed by atoms with E-state index in [1.54, 1.807) is 0 Å². The molecule has 0 aliphatic heterocycles. The van der Waals surface area contributed by atoms with Gasteiger partial charge in [-0.25, -0.2) is 0 Å². The minimum atomic E-state index is -0.172. The number of hydrogen-bond acceptors (Lipinski definition) is 1. The van der Waals surface area contributed by atoms with E-state index in [2.05, 4.69) is 261 Å². The number of hydrogen-bond donors (Lipinski definition) is 1. The fourth-order valence-corrected chi connectivity index (χ4v) is 12.2. The van der Waals surface area contributed by atoms with Crippen LogP contribution in [0.2, 0.25) is 0 Å². The summed E-state index contributed by atoms with van der Waals surface area (Å²) in [4.78, 5) is 0. The van der Waals surface area contributed by atoms with Crippen LogP contribution in [-0.4, -0.2) is 9.13 Å². The zero-order valence-electron chi connectivity index (χ0n) is 39.2. The summed E-state index contributed by atoms with van der Waals surface area (Å²) >= 11 is 0. The molecule has 328 valence electrons. The monoisotopic (exact) mass is 883 g/mol. The maximum atomic E-state index is 3.85. The van der Waals surface area contributed by atoms with Gasteiger partial charge in [0.1, 0.15) is 0 Å².